The van der Waals surface area contributed by atoms with Crippen LogP contribution in [0.3, 0.4) is 0 Å². The van der Waals surface area contributed by atoms with Gasteiger partial charge in [0.1, 0.15) is 0 Å². The van der Waals surface area contributed by atoms with Crippen LogP contribution in [0, 0.1) is 23.2 Å². The first-order chi connectivity index (χ1) is 5.65. The highest BCUT2D eigenvalue weighted by Gasteiger charge is 2.30. The minimum atomic E-state index is -0.353. The van der Waals surface area contributed by atoms with Crippen molar-refractivity contribution in [2.45, 2.75) is 19.3 Å². The Labute approximate surface area is 71.9 Å². The normalized spacial score (nSPS) is 29.4. The highest BCUT2D eigenvalue weighted by atomic mass is 16.1. The molecule has 1 amide bonds. The van der Waals surface area contributed by atoms with Crippen LogP contribution in [0.5, 0.6) is 0 Å². The Kier molecular flexibility index (Phi) is 2.49. The number of carbonyl (C=O) groups excluding carboxylic acids is 1. The van der Waals surface area contributed by atoms with Gasteiger partial charge in [-0.2, -0.15) is 5.26 Å². The van der Waals surface area contributed by atoms with E-state index in [0.717, 1.165) is 12.0 Å². The molecule has 0 spiro atoms. The molecule has 3 heteroatoms. The molecule has 2 atom stereocenters. The number of hydrogen-bond acceptors (Lipinski definition) is 2. The topological polar surface area (TPSA) is 66.9 Å². The molecule has 0 aromatic heterocycles. The van der Waals surface area contributed by atoms with E-state index in [0.29, 0.717) is 12.8 Å². The molecule has 0 saturated heterocycles. The van der Waals surface area contributed by atoms with Crippen molar-refractivity contribution in [1.82, 2.24) is 0 Å². The highest BCUT2D eigenvalue weighted by molar-refractivity contribution is 5.77. The molecule has 0 aromatic rings. The summed E-state index contributed by atoms with van der Waals surface area (Å²) in [5.74, 6) is -0.863. The molecule has 0 aromatic carbocycles. The number of nitriles is 1. The molecular weight excluding hydrogens is 152 g/mol. The van der Waals surface area contributed by atoms with Crippen LogP contribution in [-0.4, -0.2) is 5.91 Å². The quantitative estimate of drug-likeness (QED) is 0.587. The third-order valence-corrected chi connectivity index (χ3v) is 2.33. The summed E-state index contributed by atoms with van der Waals surface area (Å²) in [7, 11) is 0. The molecule has 64 valence electrons. The first kappa shape index (κ1) is 8.79. The Balaban J connectivity index is 2.70. The standard InChI is InChI=1S/C9H12N2O/c1-6-2-3-8(9(11)12)7(4-6)5-10/h7-8H,1-4H2,(H2,11,12). The van der Waals surface area contributed by atoms with Gasteiger partial charge in [0.15, 0.2) is 0 Å². The summed E-state index contributed by atoms with van der Waals surface area (Å²) < 4.78 is 0. The predicted molar refractivity (Wildman–Crippen MR) is 44.8 cm³/mol. The van der Waals surface area contributed by atoms with Gasteiger partial charge < -0.3 is 5.73 Å². The van der Waals surface area contributed by atoms with E-state index in [1.54, 1.807) is 0 Å². The lowest BCUT2D eigenvalue weighted by molar-refractivity contribution is -0.123. The molecule has 1 saturated carbocycles. The van der Waals surface area contributed by atoms with E-state index in [1.807, 2.05) is 0 Å². The van der Waals surface area contributed by atoms with Crippen molar-refractivity contribution in [3.8, 4) is 6.07 Å². The Morgan fingerprint density at radius 2 is 2.42 bits per heavy atom. The summed E-state index contributed by atoms with van der Waals surface area (Å²) in [4.78, 5) is 10.9. The molecule has 0 heterocycles. The van der Waals surface area contributed by atoms with Gasteiger partial charge in [-0.15, -0.1) is 0 Å². The van der Waals surface area contributed by atoms with E-state index in [2.05, 4.69) is 12.6 Å². The minimum Gasteiger partial charge on any atom is -0.369 e. The Morgan fingerprint density at radius 3 is 2.92 bits per heavy atom. The number of rotatable bonds is 1. The third kappa shape index (κ3) is 1.65. The summed E-state index contributed by atoms with van der Waals surface area (Å²) in [5.41, 5.74) is 6.21. The van der Waals surface area contributed by atoms with E-state index < -0.39 is 0 Å². The van der Waals surface area contributed by atoms with Gasteiger partial charge in [-0.25, -0.2) is 0 Å². The van der Waals surface area contributed by atoms with Crippen LogP contribution in [-0.2, 0) is 4.79 Å². The maximum atomic E-state index is 10.9. The summed E-state index contributed by atoms with van der Waals surface area (Å²) in [6.45, 7) is 3.80. The van der Waals surface area contributed by atoms with Crippen molar-refractivity contribution in [1.29, 1.82) is 5.26 Å². The number of amides is 1. The lowest BCUT2D eigenvalue weighted by Crippen LogP contribution is -2.32. The van der Waals surface area contributed by atoms with Crippen LogP contribution < -0.4 is 5.73 Å². The molecule has 0 bridgehead atoms. The van der Waals surface area contributed by atoms with Gasteiger partial charge in [0.2, 0.25) is 5.91 Å². The van der Waals surface area contributed by atoms with Crippen LogP contribution in [0.4, 0.5) is 0 Å². The summed E-state index contributed by atoms with van der Waals surface area (Å²) >= 11 is 0. The molecule has 1 fully saturated rings. The molecule has 0 radical (unpaired) electrons. The molecule has 0 aliphatic heterocycles. The Morgan fingerprint density at radius 1 is 1.75 bits per heavy atom. The fourth-order valence-electron chi connectivity index (χ4n) is 1.59. The molecular formula is C9H12N2O. The number of carbonyl (C=O) groups is 1. The zero-order valence-electron chi connectivity index (χ0n) is 6.92. The third-order valence-electron chi connectivity index (χ3n) is 2.33. The predicted octanol–water partition coefficient (Wildman–Crippen LogP) is 0.968. The fraction of sp³-hybridized carbons (Fsp3) is 0.556. The van der Waals surface area contributed by atoms with Gasteiger partial charge in [-0.3, -0.25) is 4.79 Å². The van der Waals surface area contributed by atoms with Crippen molar-refractivity contribution in [2.24, 2.45) is 17.6 Å². The van der Waals surface area contributed by atoms with Gasteiger partial charge in [-0.1, -0.05) is 12.2 Å². The van der Waals surface area contributed by atoms with Crippen LogP contribution in [0.2, 0.25) is 0 Å². The molecule has 3 nitrogen and oxygen atoms in total. The second kappa shape index (κ2) is 3.40. The monoisotopic (exact) mass is 164 g/mol. The van der Waals surface area contributed by atoms with Crippen molar-refractivity contribution >= 4 is 5.91 Å². The van der Waals surface area contributed by atoms with E-state index >= 15 is 0 Å². The lowest BCUT2D eigenvalue weighted by Gasteiger charge is -2.25. The lowest BCUT2D eigenvalue weighted by atomic mass is 9.78. The molecule has 12 heavy (non-hydrogen) atoms. The smallest absolute Gasteiger partial charge is 0.221 e. The van der Waals surface area contributed by atoms with Gasteiger partial charge in [0.25, 0.3) is 0 Å². The van der Waals surface area contributed by atoms with Crippen LogP contribution in [0.15, 0.2) is 12.2 Å². The molecule has 2 N–H and O–H groups in total. The van der Waals surface area contributed by atoms with Crippen LogP contribution >= 0.6 is 0 Å². The van der Waals surface area contributed by atoms with Crippen LogP contribution in [0.25, 0.3) is 0 Å². The summed E-state index contributed by atoms with van der Waals surface area (Å²) in [6, 6.07) is 2.10. The number of hydrogen-bond donors (Lipinski definition) is 1. The second-order valence-corrected chi connectivity index (χ2v) is 3.24. The van der Waals surface area contributed by atoms with Gasteiger partial charge in [0.05, 0.1) is 17.9 Å². The van der Waals surface area contributed by atoms with E-state index in [9.17, 15) is 4.79 Å². The zero-order chi connectivity index (χ0) is 9.14. The first-order valence-electron chi connectivity index (χ1n) is 4.00. The number of allylic oxidation sites excluding steroid dienone is 1. The Bertz CT molecular complexity index is 252. The number of nitrogens with two attached hydrogens (primary N) is 1. The molecule has 1 aliphatic carbocycles. The van der Waals surface area contributed by atoms with Crippen molar-refractivity contribution < 1.29 is 4.79 Å². The van der Waals surface area contributed by atoms with E-state index in [4.69, 9.17) is 11.0 Å². The molecule has 2 unspecified atom stereocenters. The number of primary amides is 1. The van der Waals surface area contributed by atoms with E-state index in [1.165, 1.54) is 0 Å². The molecule has 1 aliphatic rings. The van der Waals surface area contributed by atoms with Crippen molar-refractivity contribution in [3.05, 3.63) is 12.2 Å². The van der Waals surface area contributed by atoms with Gasteiger partial charge in [-0.05, 0) is 19.3 Å². The van der Waals surface area contributed by atoms with Crippen molar-refractivity contribution in [2.75, 3.05) is 0 Å². The Hall–Kier alpha value is -1.30. The molecule has 1 rings (SSSR count). The fourth-order valence-corrected chi connectivity index (χ4v) is 1.59. The number of nitrogens with zero attached hydrogens (tertiary/aromatic N) is 1. The maximum Gasteiger partial charge on any atom is 0.221 e. The summed E-state index contributed by atoms with van der Waals surface area (Å²) in [5, 5.41) is 8.73. The zero-order valence-corrected chi connectivity index (χ0v) is 6.92. The second-order valence-electron chi connectivity index (χ2n) is 3.24. The maximum absolute atomic E-state index is 10.9. The van der Waals surface area contributed by atoms with Gasteiger partial charge in [0, 0.05) is 0 Å². The average Bonchev–Trinajstić information content (AvgIpc) is 2.03. The van der Waals surface area contributed by atoms with Crippen molar-refractivity contribution in [3.63, 3.8) is 0 Å². The highest BCUT2D eigenvalue weighted by Crippen LogP contribution is 2.31. The summed E-state index contributed by atoms with van der Waals surface area (Å²) in [6.07, 6.45) is 2.14. The van der Waals surface area contributed by atoms with Crippen LogP contribution in [0.1, 0.15) is 19.3 Å². The largest absolute Gasteiger partial charge is 0.369 e. The SMILES string of the molecule is C=C1CCC(C(N)=O)C(C#N)C1. The first-order valence-corrected chi connectivity index (χ1v) is 4.00. The average molecular weight is 164 g/mol. The minimum absolute atomic E-state index is 0.247. The van der Waals surface area contributed by atoms with Gasteiger partial charge >= 0.3 is 0 Å². The van der Waals surface area contributed by atoms with E-state index in [-0.39, 0.29) is 17.7 Å².